The Balaban J connectivity index is 1.00. The summed E-state index contributed by atoms with van der Waals surface area (Å²) in [6, 6.07) is 23.8. The van der Waals surface area contributed by atoms with Crippen LogP contribution in [0.4, 0.5) is 17.1 Å². The third kappa shape index (κ3) is 9.61. The number of nitrogens with one attached hydrogen (secondary N) is 3. The molecule has 60 heavy (non-hydrogen) atoms. The molecule has 5 aromatic rings. The van der Waals surface area contributed by atoms with Crippen LogP contribution in [0.25, 0.3) is 16.5 Å². The number of nitrogens with zero attached hydrogens (tertiary/aromatic N) is 3. The fourth-order valence-corrected chi connectivity index (χ4v) is 9.32. The quantitative estimate of drug-likeness (QED) is 0.0677. The molecule has 314 valence electrons. The Labute approximate surface area is 353 Å². The molecule has 3 heterocycles. The van der Waals surface area contributed by atoms with Crippen LogP contribution in [0.1, 0.15) is 48.0 Å². The molecule has 1 aliphatic carbocycles. The van der Waals surface area contributed by atoms with Crippen LogP contribution in [0.15, 0.2) is 102 Å². The standard InChI is InChI=1S/C44H47ClN6O8S/c45-33-3-1-30(2-4-33)38-10-6-35(52)23-32(38)28-49-17-19-50(20-18-49)34-5-9-39(43(25-34)59-36-7-11-40-31(24-36)13-16-46-40)44(53)48-60(56,57)37-8-12-41(42(26-37)51(54)55)47-27-29-14-21-58-22-15-29/h1-5,7-9,11-13,16,24-26,29,35,46-47,52H,6,10,14-15,17-23,27-28H2,(H,48,53). The smallest absolute Gasteiger partial charge is 0.293 e. The number of fused-ring (bicyclic) bond motifs is 1. The van der Waals surface area contributed by atoms with Crippen molar-refractivity contribution in [1.29, 1.82) is 0 Å². The van der Waals surface area contributed by atoms with Crippen LogP contribution in [0.3, 0.4) is 0 Å². The van der Waals surface area contributed by atoms with Crippen molar-refractivity contribution in [3.05, 3.63) is 123 Å². The number of aliphatic hydroxyl groups excluding tert-OH is 1. The molecule has 1 unspecified atom stereocenters. The number of carbonyl (C=O) groups is 1. The van der Waals surface area contributed by atoms with Crippen LogP contribution in [-0.2, 0) is 14.8 Å². The number of sulfonamides is 1. The van der Waals surface area contributed by atoms with E-state index in [0.717, 1.165) is 73.5 Å². The number of hydrogen-bond donors (Lipinski definition) is 4. The van der Waals surface area contributed by atoms with Crippen LogP contribution in [-0.4, -0.2) is 92.8 Å². The van der Waals surface area contributed by atoms with E-state index in [0.29, 0.717) is 50.0 Å². The molecule has 4 aromatic carbocycles. The fraction of sp³-hybridized carbons (Fsp3) is 0.341. The number of halogens is 1. The van der Waals surface area contributed by atoms with E-state index in [2.05, 4.69) is 24.8 Å². The maximum atomic E-state index is 13.9. The average Bonchev–Trinajstić information content (AvgIpc) is 3.72. The Morgan fingerprint density at radius 1 is 0.967 bits per heavy atom. The molecule has 1 aromatic heterocycles. The van der Waals surface area contributed by atoms with E-state index in [1.165, 1.54) is 29.3 Å². The summed E-state index contributed by atoms with van der Waals surface area (Å²) >= 11 is 6.17. The van der Waals surface area contributed by atoms with Gasteiger partial charge in [-0.2, -0.15) is 0 Å². The highest BCUT2D eigenvalue weighted by Gasteiger charge is 2.28. The number of amides is 1. The summed E-state index contributed by atoms with van der Waals surface area (Å²) in [5, 5.41) is 27.3. The van der Waals surface area contributed by atoms with Crippen LogP contribution in [0.2, 0.25) is 5.02 Å². The highest BCUT2D eigenvalue weighted by atomic mass is 35.5. The number of nitro benzene ring substituents is 1. The largest absolute Gasteiger partial charge is 0.456 e. The van der Waals surface area contributed by atoms with Crippen molar-refractivity contribution >= 4 is 61.1 Å². The molecular formula is C44H47ClN6O8S. The Kier molecular flexibility index (Phi) is 12.4. The molecule has 2 saturated heterocycles. The van der Waals surface area contributed by atoms with E-state index in [-0.39, 0.29) is 29.0 Å². The molecular weight excluding hydrogens is 808 g/mol. The minimum absolute atomic E-state index is 0.0307. The van der Waals surface area contributed by atoms with Gasteiger partial charge >= 0.3 is 0 Å². The summed E-state index contributed by atoms with van der Waals surface area (Å²) in [6.45, 7) is 5.34. The van der Waals surface area contributed by atoms with Gasteiger partial charge in [0.1, 0.15) is 17.2 Å². The van der Waals surface area contributed by atoms with Gasteiger partial charge in [-0.15, -0.1) is 0 Å². The monoisotopic (exact) mass is 854 g/mol. The zero-order valence-electron chi connectivity index (χ0n) is 32.9. The lowest BCUT2D eigenvalue weighted by molar-refractivity contribution is -0.384. The predicted molar refractivity (Wildman–Crippen MR) is 231 cm³/mol. The molecule has 0 bridgehead atoms. The van der Waals surface area contributed by atoms with Gasteiger partial charge in [-0.25, -0.2) is 13.1 Å². The van der Waals surface area contributed by atoms with Gasteiger partial charge in [0.2, 0.25) is 0 Å². The molecule has 8 rings (SSSR count). The first kappa shape index (κ1) is 41.3. The molecule has 1 atom stereocenters. The molecule has 2 fully saturated rings. The number of rotatable bonds is 13. The normalized spacial score (nSPS) is 18.1. The van der Waals surface area contributed by atoms with Gasteiger partial charge in [-0.1, -0.05) is 23.7 Å². The summed E-state index contributed by atoms with van der Waals surface area (Å²) in [4.78, 5) is 32.6. The van der Waals surface area contributed by atoms with Crippen LogP contribution < -0.4 is 19.7 Å². The van der Waals surface area contributed by atoms with Crippen LogP contribution >= 0.6 is 11.6 Å². The van der Waals surface area contributed by atoms with Crippen molar-refractivity contribution in [3.8, 4) is 11.5 Å². The number of aromatic amines is 1. The minimum atomic E-state index is -4.55. The number of allylic oxidation sites excluding steroid dienone is 1. The van der Waals surface area contributed by atoms with Gasteiger partial charge in [0.05, 0.1) is 21.5 Å². The molecule has 16 heteroatoms. The van der Waals surface area contributed by atoms with Gasteiger partial charge in [-0.3, -0.25) is 19.8 Å². The van der Waals surface area contributed by atoms with Gasteiger partial charge < -0.3 is 29.8 Å². The van der Waals surface area contributed by atoms with Crippen molar-refractivity contribution < 1.29 is 32.7 Å². The first-order valence-corrected chi connectivity index (χ1v) is 22.0. The van der Waals surface area contributed by atoms with Crippen molar-refractivity contribution in [2.24, 2.45) is 5.92 Å². The fourth-order valence-electron chi connectivity index (χ4n) is 8.21. The molecule has 0 saturated carbocycles. The number of hydrogen-bond acceptors (Lipinski definition) is 11. The van der Waals surface area contributed by atoms with Crippen LogP contribution in [0.5, 0.6) is 11.5 Å². The molecule has 3 aliphatic rings. The lowest BCUT2D eigenvalue weighted by Gasteiger charge is -2.38. The number of H-pyrrole nitrogens is 1. The van der Waals surface area contributed by atoms with E-state index in [1.54, 1.807) is 18.2 Å². The van der Waals surface area contributed by atoms with E-state index < -0.39 is 31.4 Å². The van der Waals surface area contributed by atoms with Gasteiger partial charge in [0.25, 0.3) is 21.6 Å². The summed E-state index contributed by atoms with van der Waals surface area (Å²) in [5.74, 6) is -0.0916. The summed E-state index contributed by atoms with van der Waals surface area (Å²) in [7, 11) is -4.55. The Morgan fingerprint density at radius 3 is 2.52 bits per heavy atom. The Morgan fingerprint density at radius 2 is 1.75 bits per heavy atom. The number of aromatic nitrogens is 1. The second-order valence-electron chi connectivity index (χ2n) is 15.6. The van der Waals surface area contributed by atoms with Crippen molar-refractivity contribution in [1.82, 2.24) is 14.6 Å². The third-order valence-electron chi connectivity index (χ3n) is 11.6. The van der Waals surface area contributed by atoms with E-state index in [9.17, 15) is 28.4 Å². The Bertz CT molecular complexity index is 2510. The van der Waals surface area contributed by atoms with E-state index in [4.69, 9.17) is 21.1 Å². The van der Waals surface area contributed by atoms with Gasteiger partial charge in [0.15, 0.2) is 0 Å². The second-order valence-corrected chi connectivity index (χ2v) is 17.7. The molecule has 14 nitrogen and oxygen atoms in total. The molecule has 1 amide bonds. The minimum Gasteiger partial charge on any atom is -0.456 e. The molecule has 0 radical (unpaired) electrons. The number of anilines is 2. The van der Waals surface area contributed by atoms with Gasteiger partial charge in [-0.05, 0) is 115 Å². The predicted octanol–water partition coefficient (Wildman–Crippen LogP) is 7.60. The number of aliphatic hydroxyl groups is 1. The topological polar surface area (TPSA) is 179 Å². The number of benzene rings is 4. The third-order valence-corrected chi connectivity index (χ3v) is 13.1. The number of piperazine rings is 1. The lowest BCUT2D eigenvalue weighted by atomic mass is 9.85. The van der Waals surface area contributed by atoms with Crippen LogP contribution in [0, 0.1) is 16.0 Å². The van der Waals surface area contributed by atoms with E-state index in [1.807, 2.05) is 48.7 Å². The van der Waals surface area contributed by atoms with E-state index >= 15 is 0 Å². The Hall–Kier alpha value is -5.45. The lowest BCUT2D eigenvalue weighted by Crippen LogP contribution is -2.47. The second kappa shape index (κ2) is 18.0. The zero-order chi connectivity index (χ0) is 41.8. The molecule has 2 aliphatic heterocycles. The van der Waals surface area contributed by atoms with Gasteiger partial charge in [0, 0.05) is 92.4 Å². The maximum Gasteiger partial charge on any atom is 0.293 e. The van der Waals surface area contributed by atoms with Crippen molar-refractivity contribution in [3.63, 3.8) is 0 Å². The first-order valence-electron chi connectivity index (χ1n) is 20.2. The maximum absolute atomic E-state index is 13.9. The average molecular weight is 855 g/mol. The highest BCUT2D eigenvalue weighted by Crippen LogP contribution is 2.36. The molecule has 4 N–H and O–H groups in total. The summed E-state index contributed by atoms with van der Waals surface area (Å²) in [5.41, 5.74) is 5.07. The summed E-state index contributed by atoms with van der Waals surface area (Å²) in [6.07, 6.45) is 5.24. The highest BCUT2D eigenvalue weighted by molar-refractivity contribution is 7.90. The number of carbonyl (C=O) groups excluding carboxylic acids is 1. The van der Waals surface area contributed by atoms with Crippen molar-refractivity contribution in [2.45, 2.75) is 43.1 Å². The SMILES string of the molecule is O=C(NS(=O)(=O)c1ccc(NCC2CCOCC2)c([N+](=O)[O-])c1)c1ccc(N2CCN(CC3=C(c4ccc(Cl)cc4)CCC(O)C3)CC2)cc1Oc1ccc2[nH]ccc2c1. The summed E-state index contributed by atoms with van der Waals surface area (Å²) < 4.78 is 41.2. The molecule has 0 spiro atoms. The van der Waals surface area contributed by atoms with Crippen molar-refractivity contribution in [2.75, 3.05) is 62.7 Å². The number of nitro groups is 1. The first-order chi connectivity index (χ1) is 29.0. The number of ether oxygens (including phenoxy) is 2. The zero-order valence-corrected chi connectivity index (χ0v) is 34.5.